The van der Waals surface area contributed by atoms with E-state index in [0.717, 1.165) is 10.5 Å². The van der Waals surface area contributed by atoms with Crippen molar-refractivity contribution in [2.24, 2.45) is 0 Å². The molecule has 1 aliphatic carbocycles. The molecule has 1 aliphatic heterocycles. The standard InChI is InChI=1S/C21H23F3N6O4S/c1-20(31)12-21(23,24)8-16(20)34-18-13(9-25)10-27-19(29-18)28-15-5-7-30(11-14(15)22)35(32,33)17-4-2-3-6-26-17/h2-4,6,10,14-16,31H,5,7-8,11-12H2,1H3,(H,27,28,29)/t14-,15-,16+,20-/m1/s1. The number of nitriles is 1. The third-order valence-electron chi connectivity index (χ3n) is 5.98. The van der Waals surface area contributed by atoms with Gasteiger partial charge in [0.05, 0.1) is 18.7 Å². The molecule has 2 fully saturated rings. The Bertz CT molecular complexity index is 1230. The Morgan fingerprint density at radius 2 is 2.11 bits per heavy atom. The largest absolute Gasteiger partial charge is 0.470 e. The maximum Gasteiger partial charge on any atom is 0.260 e. The van der Waals surface area contributed by atoms with Gasteiger partial charge in [-0.2, -0.15) is 14.6 Å². The first-order valence-electron chi connectivity index (χ1n) is 10.8. The van der Waals surface area contributed by atoms with E-state index in [1.165, 1.54) is 25.3 Å². The number of nitrogens with one attached hydrogen (secondary N) is 1. The van der Waals surface area contributed by atoms with Gasteiger partial charge in [-0.05, 0) is 25.5 Å². The van der Waals surface area contributed by atoms with E-state index in [2.05, 4.69) is 20.3 Å². The fourth-order valence-corrected chi connectivity index (χ4v) is 5.56. The molecule has 0 spiro atoms. The summed E-state index contributed by atoms with van der Waals surface area (Å²) in [6.07, 6.45) is -1.99. The zero-order valence-corrected chi connectivity index (χ0v) is 19.4. The van der Waals surface area contributed by atoms with Gasteiger partial charge in [0.1, 0.15) is 29.5 Å². The average Bonchev–Trinajstić information content (AvgIpc) is 3.01. The van der Waals surface area contributed by atoms with E-state index < -0.39 is 59.3 Å². The Morgan fingerprint density at radius 3 is 2.71 bits per heavy atom. The lowest BCUT2D eigenvalue weighted by Crippen LogP contribution is -2.50. The third-order valence-corrected chi connectivity index (χ3v) is 7.76. The zero-order chi connectivity index (χ0) is 25.4. The molecule has 2 aliphatic rings. The topological polar surface area (TPSA) is 141 Å². The second-order valence-corrected chi connectivity index (χ2v) is 10.7. The molecule has 0 unspecified atom stereocenters. The Morgan fingerprint density at radius 1 is 1.34 bits per heavy atom. The second-order valence-electron chi connectivity index (χ2n) is 8.81. The number of anilines is 1. The number of nitrogens with zero attached hydrogens (tertiary/aromatic N) is 5. The van der Waals surface area contributed by atoms with Crippen molar-refractivity contribution in [1.29, 1.82) is 5.26 Å². The maximum absolute atomic E-state index is 14.9. The highest BCUT2D eigenvalue weighted by molar-refractivity contribution is 7.89. The van der Waals surface area contributed by atoms with E-state index in [1.807, 2.05) is 0 Å². The van der Waals surface area contributed by atoms with Crippen molar-refractivity contribution < 1.29 is 31.4 Å². The van der Waals surface area contributed by atoms with Crippen LogP contribution < -0.4 is 10.1 Å². The SMILES string of the molecule is C[C@@]1(O)CC(F)(F)C[C@@H]1Oc1nc(N[C@@H]2CCN(S(=O)(=O)c3ccccn3)C[C@H]2F)ncc1C#N. The summed E-state index contributed by atoms with van der Waals surface area (Å²) < 4.78 is 74.4. The summed E-state index contributed by atoms with van der Waals surface area (Å²) in [5.41, 5.74) is -1.99. The van der Waals surface area contributed by atoms with Crippen molar-refractivity contribution in [1.82, 2.24) is 19.3 Å². The molecule has 10 nitrogen and oxygen atoms in total. The molecule has 2 aromatic rings. The van der Waals surface area contributed by atoms with Crippen molar-refractivity contribution >= 4 is 16.0 Å². The molecule has 0 radical (unpaired) electrons. The highest BCUT2D eigenvalue weighted by Gasteiger charge is 2.54. The van der Waals surface area contributed by atoms with Gasteiger partial charge in [0, 0.05) is 25.7 Å². The summed E-state index contributed by atoms with van der Waals surface area (Å²) in [6.45, 7) is 0.804. The van der Waals surface area contributed by atoms with Gasteiger partial charge >= 0.3 is 0 Å². The summed E-state index contributed by atoms with van der Waals surface area (Å²) >= 11 is 0. The lowest BCUT2D eigenvalue weighted by molar-refractivity contribution is -0.0406. The summed E-state index contributed by atoms with van der Waals surface area (Å²) in [5.74, 6) is -3.59. The number of pyridine rings is 1. The number of aromatic nitrogens is 3. The van der Waals surface area contributed by atoms with E-state index in [1.54, 1.807) is 12.1 Å². The van der Waals surface area contributed by atoms with Gasteiger partial charge in [-0.25, -0.2) is 31.6 Å². The molecule has 3 heterocycles. The minimum atomic E-state index is -3.96. The molecule has 0 aromatic carbocycles. The van der Waals surface area contributed by atoms with Gasteiger partial charge in [0.2, 0.25) is 11.8 Å². The van der Waals surface area contributed by atoms with Crippen LogP contribution in [0.15, 0.2) is 35.6 Å². The fourth-order valence-electron chi connectivity index (χ4n) is 4.16. The van der Waals surface area contributed by atoms with E-state index in [0.29, 0.717) is 0 Å². The van der Waals surface area contributed by atoms with E-state index in [-0.39, 0.29) is 35.4 Å². The predicted octanol–water partition coefficient (Wildman–Crippen LogP) is 1.88. The van der Waals surface area contributed by atoms with Crippen LogP contribution in [0.5, 0.6) is 5.88 Å². The number of hydrogen-bond donors (Lipinski definition) is 2. The number of piperidine rings is 1. The minimum Gasteiger partial charge on any atom is -0.470 e. The number of aliphatic hydroxyl groups is 1. The summed E-state index contributed by atoms with van der Waals surface area (Å²) in [5, 5.41) is 22.2. The lowest BCUT2D eigenvalue weighted by atomic mass is 10.0. The maximum atomic E-state index is 14.9. The molecule has 14 heteroatoms. The number of halogens is 3. The highest BCUT2D eigenvalue weighted by atomic mass is 32.2. The molecule has 4 atom stereocenters. The van der Waals surface area contributed by atoms with Crippen molar-refractivity contribution in [3.05, 3.63) is 36.2 Å². The smallest absolute Gasteiger partial charge is 0.260 e. The third kappa shape index (κ3) is 5.31. The van der Waals surface area contributed by atoms with Crippen LogP contribution in [-0.2, 0) is 10.0 Å². The Kier molecular flexibility index (Phi) is 6.60. The molecule has 0 amide bonds. The second kappa shape index (κ2) is 9.21. The van der Waals surface area contributed by atoms with Crippen LogP contribution in [-0.4, -0.2) is 75.7 Å². The molecular weight excluding hydrogens is 489 g/mol. The van der Waals surface area contributed by atoms with Gasteiger partial charge in [-0.1, -0.05) is 6.07 Å². The van der Waals surface area contributed by atoms with Crippen LogP contribution >= 0.6 is 0 Å². The summed E-state index contributed by atoms with van der Waals surface area (Å²) in [6, 6.07) is 5.36. The van der Waals surface area contributed by atoms with E-state index in [4.69, 9.17) is 4.74 Å². The number of rotatable bonds is 6. The van der Waals surface area contributed by atoms with Crippen LogP contribution in [0.25, 0.3) is 0 Å². The molecular formula is C21H23F3N6O4S. The lowest BCUT2D eigenvalue weighted by Gasteiger charge is -2.34. The van der Waals surface area contributed by atoms with Gasteiger partial charge in [-0.15, -0.1) is 0 Å². The Labute approximate surface area is 199 Å². The first-order valence-corrected chi connectivity index (χ1v) is 12.2. The normalized spacial score (nSPS) is 28.9. The number of sulfonamides is 1. The highest BCUT2D eigenvalue weighted by Crippen LogP contribution is 2.43. The molecule has 1 saturated heterocycles. The van der Waals surface area contributed by atoms with Crippen LogP contribution in [0.2, 0.25) is 0 Å². The predicted molar refractivity (Wildman–Crippen MR) is 116 cm³/mol. The van der Waals surface area contributed by atoms with Crippen molar-refractivity contribution in [2.75, 3.05) is 18.4 Å². The van der Waals surface area contributed by atoms with Gasteiger partial charge in [0.15, 0.2) is 5.03 Å². The molecule has 1 saturated carbocycles. The van der Waals surface area contributed by atoms with Gasteiger partial charge in [0.25, 0.3) is 15.9 Å². The minimum absolute atomic E-state index is 0.0106. The fraction of sp³-hybridized carbons (Fsp3) is 0.524. The molecule has 35 heavy (non-hydrogen) atoms. The van der Waals surface area contributed by atoms with Crippen molar-refractivity contribution in [2.45, 2.75) is 61.1 Å². The average molecular weight is 513 g/mol. The summed E-state index contributed by atoms with van der Waals surface area (Å²) in [7, 11) is -3.96. The van der Waals surface area contributed by atoms with Gasteiger partial charge in [-0.3, -0.25) is 0 Å². The van der Waals surface area contributed by atoms with E-state index in [9.17, 15) is 32.0 Å². The Balaban J connectivity index is 1.46. The van der Waals surface area contributed by atoms with Gasteiger partial charge < -0.3 is 15.2 Å². The van der Waals surface area contributed by atoms with Crippen LogP contribution in [0.1, 0.15) is 31.7 Å². The first-order chi connectivity index (χ1) is 16.4. The molecule has 2 aromatic heterocycles. The first kappa shape index (κ1) is 25.1. The number of alkyl halides is 3. The molecule has 4 rings (SSSR count). The van der Waals surface area contributed by atoms with E-state index >= 15 is 0 Å². The van der Waals surface area contributed by atoms with Crippen molar-refractivity contribution in [3.8, 4) is 11.9 Å². The Hall–Kier alpha value is -3.02. The number of ether oxygens (including phenoxy) is 1. The molecule has 188 valence electrons. The monoisotopic (exact) mass is 512 g/mol. The molecule has 0 bridgehead atoms. The number of hydrogen-bond acceptors (Lipinski definition) is 9. The van der Waals surface area contributed by atoms with Crippen molar-refractivity contribution in [3.63, 3.8) is 0 Å². The van der Waals surface area contributed by atoms with Crippen LogP contribution in [0.3, 0.4) is 0 Å². The van der Waals surface area contributed by atoms with Crippen LogP contribution in [0, 0.1) is 11.3 Å². The quantitative estimate of drug-likeness (QED) is 0.593. The van der Waals surface area contributed by atoms with Crippen LogP contribution in [0.4, 0.5) is 19.1 Å². The zero-order valence-electron chi connectivity index (χ0n) is 18.6. The molecule has 2 N–H and O–H groups in total. The summed E-state index contributed by atoms with van der Waals surface area (Å²) in [4.78, 5) is 11.8.